The average molecular weight is 246 g/mol. The molecule has 2 rings (SSSR count). The first-order valence-corrected chi connectivity index (χ1v) is 5.56. The fourth-order valence-corrected chi connectivity index (χ4v) is 1.37. The summed E-state index contributed by atoms with van der Waals surface area (Å²) in [5, 5.41) is 16.5. The number of carbonyl (C=O) groups is 1. The summed E-state index contributed by atoms with van der Waals surface area (Å²) in [5.74, 6) is 0. The van der Waals surface area contributed by atoms with E-state index in [1.165, 1.54) is 11.1 Å². The van der Waals surface area contributed by atoms with Gasteiger partial charge in [-0.25, -0.2) is 4.79 Å². The van der Waals surface area contributed by atoms with Gasteiger partial charge in [0.1, 0.15) is 0 Å². The minimum absolute atomic E-state index is 0.251. The number of rotatable bonds is 4. The molecule has 2 amide bonds. The standard InChI is InChI=1S/C11H14N6O/c1-9-2-4-10(5-3-9)15-11(18)12-6-7-17-14-8-13-16-17/h2-5,8H,6-7H2,1H3,(H2,12,15,18). The number of nitrogens with one attached hydrogen (secondary N) is 2. The van der Waals surface area contributed by atoms with Crippen LogP contribution in [0.4, 0.5) is 10.5 Å². The summed E-state index contributed by atoms with van der Waals surface area (Å²) >= 11 is 0. The van der Waals surface area contributed by atoms with Crippen molar-refractivity contribution in [2.45, 2.75) is 13.5 Å². The molecular formula is C11H14N6O. The number of aromatic nitrogens is 4. The fourth-order valence-electron chi connectivity index (χ4n) is 1.37. The molecule has 2 N–H and O–H groups in total. The molecule has 1 heterocycles. The number of amides is 2. The second kappa shape index (κ2) is 5.76. The number of hydrogen-bond donors (Lipinski definition) is 2. The number of hydrogen-bond acceptors (Lipinski definition) is 4. The Kier molecular flexibility index (Phi) is 3.85. The summed E-state index contributed by atoms with van der Waals surface area (Å²) in [6, 6.07) is 7.34. The monoisotopic (exact) mass is 246 g/mol. The maximum Gasteiger partial charge on any atom is 0.319 e. The van der Waals surface area contributed by atoms with E-state index in [0.29, 0.717) is 13.1 Å². The molecule has 1 aromatic carbocycles. The van der Waals surface area contributed by atoms with Crippen molar-refractivity contribution in [3.8, 4) is 0 Å². The summed E-state index contributed by atoms with van der Waals surface area (Å²) < 4.78 is 0. The van der Waals surface area contributed by atoms with Crippen molar-refractivity contribution in [2.75, 3.05) is 11.9 Å². The van der Waals surface area contributed by atoms with Gasteiger partial charge in [0.05, 0.1) is 6.54 Å². The Morgan fingerprint density at radius 2 is 2.11 bits per heavy atom. The maximum absolute atomic E-state index is 11.5. The van der Waals surface area contributed by atoms with Crippen LogP contribution in [0.5, 0.6) is 0 Å². The first-order valence-electron chi connectivity index (χ1n) is 5.56. The maximum atomic E-state index is 11.5. The van der Waals surface area contributed by atoms with Crippen LogP contribution in [0.25, 0.3) is 0 Å². The molecule has 0 bridgehead atoms. The summed E-state index contributed by atoms with van der Waals surface area (Å²) in [7, 11) is 0. The van der Waals surface area contributed by atoms with Crippen LogP contribution in [0, 0.1) is 6.92 Å². The first-order chi connectivity index (χ1) is 8.74. The molecule has 2 aromatic rings. The van der Waals surface area contributed by atoms with Gasteiger partial charge in [-0.05, 0) is 24.3 Å². The van der Waals surface area contributed by atoms with E-state index in [4.69, 9.17) is 0 Å². The molecule has 0 atom stereocenters. The quantitative estimate of drug-likeness (QED) is 0.835. The van der Waals surface area contributed by atoms with E-state index in [1.807, 2.05) is 31.2 Å². The zero-order chi connectivity index (χ0) is 12.8. The van der Waals surface area contributed by atoms with E-state index >= 15 is 0 Å². The van der Waals surface area contributed by atoms with Crippen molar-refractivity contribution < 1.29 is 4.79 Å². The number of nitrogens with zero attached hydrogens (tertiary/aromatic N) is 4. The Hall–Kier alpha value is -2.44. The van der Waals surface area contributed by atoms with Crippen LogP contribution < -0.4 is 10.6 Å². The van der Waals surface area contributed by atoms with Crippen LogP contribution in [-0.2, 0) is 6.54 Å². The Morgan fingerprint density at radius 1 is 1.33 bits per heavy atom. The van der Waals surface area contributed by atoms with Crippen LogP contribution in [0.3, 0.4) is 0 Å². The summed E-state index contributed by atoms with van der Waals surface area (Å²) in [5.41, 5.74) is 1.91. The second-order valence-electron chi connectivity index (χ2n) is 3.78. The zero-order valence-electron chi connectivity index (χ0n) is 10.00. The van der Waals surface area contributed by atoms with E-state index in [0.717, 1.165) is 11.3 Å². The fraction of sp³-hybridized carbons (Fsp3) is 0.273. The van der Waals surface area contributed by atoms with E-state index in [9.17, 15) is 4.79 Å². The van der Waals surface area contributed by atoms with Gasteiger partial charge in [-0.1, -0.05) is 17.7 Å². The van der Waals surface area contributed by atoms with Crippen LogP contribution in [0.2, 0.25) is 0 Å². The lowest BCUT2D eigenvalue weighted by Crippen LogP contribution is -2.31. The topological polar surface area (TPSA) is 84.7 Å². The van der Waals surface area contributed by atoms with Crippen LogP contribution in [0.15, 0.2) is 30.6 Å². The Balaban J connectivity index is 1.73. The molecule has 0 aliphatic rings. The van der Waals surface area contributed by atoms with E-state index in [1.54, 1.807) is 0 Å². The second-order valence-corrected chi connectivity index (χ2v) is 3.78. The lowest BCUT2D eigenvalue weighted by molar-refractivity contribution is 0.251. The van der Waals surface area contributed by atoms with Crippen molar-refractivity contribution in [3.63, 3.8) is 0 Å². The third kappa shape index (κ3) is 3.55. The SMILES string of the molecule is Cc1ccc(NC(=O)NCCn2ncnn2)cc1. The molecule has 0 fully saturated rings. The van der Waals surface area contributed by atoms with Crippen molar-refractivity contribution >= 4 is 11.7 Å². The lowest BCUT2D eigenvalue weighted by atomic mass is 10.2. The van der Waals surface area contributed by atoms with Gasteiger partial charge in [-0.2, -0.15) is 4.80 Å². The summed E-state index contributed by atoms with van der Waals surface area (Å²) in [6.45, 7) is 2.92. The van der Waals surface area contributed by atoms with Gasteiger partial charge in [0.2, 0.25) is 0 Å². The lowest BCUT2D eigenvalue weighted by Gasteiger charge is -2.07. The minimum Gasteiger partial charge on any atom is -0.336 e. The summed E-state index contributed by atoms with van der Waals surface area (Å²) in [4.78, 5) is 12.9. The average Bonchev–Trinajstić information content (AvgIpc) is 2.85. The van der Waals surface area contributed by atoms with Gasteiger partial charge in [0, 0.05) is 12.2 Å². The third-order valence-corrected chi connectivity index (χ3v) is 2.30. The number of urea groups is 1. The predicted octanol–water partition coefficient (Wildman–Crippen LogP) is 0.803. The Bertz CT molecular complexity index is 493. The van der Waals surface area contributed by atoms with E-state index in [2.05, 4.69) is 26.0 Å². The number of benzene rings is 1. The molecule has 1 aromatic heterocycles. The number of anilines is 1. The molecule has 0 aliphatic carbocycles. The molecule has 94 valence electrons. The van der Waals surface area contributed by atoms with Gasteiger partial charge in [-0.3, -0.25) is 0 Å². The highest BCUT2D eigenvalue weighted by atomic mass is 16.2. The molecule has 0 spiro atoms. The largest absolute Gasteiger partial charge is 0.336 e. The molecule has 0 saturated carbocycles. The van der Waals surface area contributed by atoms with Gasteiger partial charge >= 0.3 is 6.03 Å². The third-order valence-electron chi connectivity index (χ3n) is 2.30. The highest BCUT2D eigenvalue weighted by molar-refractivity contribution is 5.89. The Labute approximate surface area is 104 Å². The normalized spacial score (nSPS) is 10.1. The molecule has 7 nitrogen and oxygen atoms in total. The van der Waals surface area contributed by atoms with Crippen molar-refractivity contribution in [2.24, 2.45) is 0 Å². The van der Waals surface area contributed by atoms with Crippen molar-refractivity contribution in [3.05, 3.63) is 36.2 Å². The van der Waals surface area contributed by atoms with Crippen molar-refractivity contribution in [1.29, 1.82) is 0 Å². The van der Waals surface area contributed by atoms with E-state index in [-0.39, 0.29) is 6.03 Å². The minimum atomic E-state index is -0.251. The van der Waals surface area contributed by atoms with Crippen LogP contribution in [-0.4, -0.2) is 32.8 Å². The molecule has 0 unspecified atom stereocenters. The molecule has 18 heavy (non-hydrogen) atoms. The van der Waals surface area contributed by atoms with Crippen LogP contribution >= 0.6 is 0 Å². The molecular weight excluding hydrogens is 232 g/mol. The number of tetrazole rings is 1. The van der Waals surface area contributed by atoms with Gasteiger partial charge in [-0.15, -0.1) is 10.2 Å². The Morgan fingerprint density at radius 3 is 2.78 bits per heavy atom. The predicted molar refractivity (Wildman–Crippen MR) is 66.0 cm³/mol. The van der Waals surface area contributed by atoms with Crippen molar-refractivity contribution in [1.82, 2.24) is 25.5 Å². The van der Waals surface area contributed by atoms with E-state index < -0.39 is 0 Å². The smallest absolute Gasteiger partial charge is 0.319 e. The first kappa shape index (κ1) is 12.0. The van der Waals surface area contributed by atoms with Gasteiger partial charge in [0.15, 0.2) is 6.33 Å². The van der Waals surface area contributed by atoms with Crippen LogP contribution in [0.1, 0.15) is 5.56 Å². The molecule has 7 heteroatoms. The number of carbonyl (C=O) groups excluding carboxylic acids is 1. The molecule has 0 radical (unpaired) electrons. The van der Waals surface area contributed by atoms with Gasteiger partial charge < -0.3 is 10.6 Å². The highest BCUT2D eigenvalue weighted by Crippen LogP contribution is 2.07. The van der Waals surface area contributed by atoms with Gasteiger partial charge in [0.25, 0.3) is 0 Å². The highest BCUT2D eigenvalue weighted by Gasteiger charge is 2.01. The molecule has 0 saturated heterocycles. The molecule has 0 aliphatic heterocycles. The summed E-state index contributed by atoms with van der Waals surface area (Å²) in [6.07, 6.45) is 1.35. The number of aryl methyl sites for hydroxylation is 1. The zero-order valence-corrected chi connectivity index (χ0v) is 10.00.